The van der Waals surface area contributed by atoms with Gasteiger partial charge in [0, 0.05) is 18.7 Å². The zero-order chi connectivity index (χ0) is 41.2. The maximum absolute atomic E-state index is 13.6. The summed E-state index contributed by atoms with van der Waals surface area (Å²) in [6.07, 6.45) is -5.14. The Morgan fingerprint density at radius 2 is 1.42 bits per heavy atom. The number of benzene rings is 1. The maximum atomic E-state index is 13.6. The lowest BCUT2D eigenvalue weighted by atomic mass is 9.88. The quantitative estimate of drug-likeness (QED) is 0.105. The molecule has 1 aliphatic rings. The Hall–Kier alpha value is -6.23. The van der Waals surface area contributed by atoms with Gasteiger partial charge in [-0.25, -0.2) is 38.8 Å². The van der Waals surface area contributed by atoms with Crippen LogP contribution in [0.1, 0.15) is 52.9 Å². The molecule has 0 bridgehead atoms. The maximum Gasteiger partial charge on any atom is 0.416 e. The predicted molar refractivity (Wildman–Crippen MR) is 179 cm³/mol. The Balaban J connectivity index is 0.000000335. The SMILES string of the molecule is COc1nc(/C=C/c2nc3n(n2)CCC[C@H]3c2ccccc2C(F)(F)F)ccc1-n1cnc(C)c1.O=C(O)[C@@H](O)[C@H](O)C(=O)O.O=C(O)[C@@H](O)[C@H](O)C(=O)O. The molecule has 0 fully saturated rings. The predicted octanol–water partition coefficient (Wildman–Crippen LogP) is 1.05. The number of carboxylic acids is 4. The topological polar surface area (TPSA) is 301 Å². The number of aryl methyl sites for hydroxylation is 2. The number of aliphatic hydroxyl groups excluding tert-OH is 4. The Bertz CT molecular complexity index is 1940. The number of hydrogen-bond donors (Lipinski definition) is 8. The number of halogens is 3. The fourth-order valence-electron chi connectivity index (χ4n) is 4.93. The molecule has 55 heavy (non-hydrogen) atoms. The highest BCUT2D eigenvalue weighted by atomic mass is 19.4. The van der Waals surface area contributed by atoms with Gasteiger partial charge >= 0.3 is 30.1 Å². The number of hydrogen-bond acceptors (Lipinski definition) is 13. The standard InChI is InChI=1S/C25H23F3N6O.2C4H6O6/c1-16-14-33(15-29-16)21-11-9-17(30-24(21)35-2)10-12-22-31-23-19(7-5-13-34(23)32-22)18-6-3-4-8-20(18)25(26,27)28;2*5-1(3(7)8)2(6)4(9)10/h3-4,6,8-12,14-15,19H,5,7,13H2,1-2H3;2*1-2,5-6H,(H,7,8)(H,9,10)/b12-10+;;/t19-;2*1-,2-/m000/s1. The summed E-state index contributed by atoms with van der Waals surface area (Å²) in [6.45, 7) is 2.52. The zero-order valence-corrected chi connectivity index (χ0v) is 28.7. The average molecular weight is 781 g/mol. The summed E-state index contributed by atoms with van der Waals surface area (Å²) in [5.74, 6) is -6.14. The van der Waals surface area contributed by atoms with Gasteiger partial charge in [0.1, 0.15) is 11.5 Å². The van der Waals surface area contributed by atoms with E-state index in [9.17, 15) is 32.3 Å². The third-order valence-electron chi connectivity index (χ3n) is 7.59. The molecule has 5 atom stereocenters. The van der Waals surface area contributed by atoms with Gasteiger partial charge in [-0.2, -0.15) is 18.3 Å². The largest absolute Gasteiger partial charge is 0.479 e. The second kappa shape index (κ2) is 18.7. The van der Waals surface area contributed by atoms with Gasteiger partial charge in [0.2, 0.25) is 5.88 Å². The van der Waals surface area contributed by atoms with Crippen LogP contribution >= 0.6 is 0 Å². The van der Waals surface area contributed by atoms with Gasteiger partial charge < -0.3 is 50.2 Å². The van der Waals surface area contributed by atoms with Crippen molar-refractivity contribution in [3.8, 4) is 11.6 Å². The highest BCUT2D eigenvalue weighted by Gasteiger charge is 2.37. The van der Waals surface area contributed by atoms with Crippen molar-refractivity contribution < 1.29 is 77.9 Å². The summed E-state index contributed by atoms with van der Waals surface area (Å²) in [6, 6.07) is 9.42. The van der Waals surface area contributed by atoms with Crippen molar-refractivity contribution in [2.75, 3.05) is 7.11 Å². The van der Waals surface area contributed by atoms with Crippen LogP contribution in [0.2, 0.25) is 0 Å². The van der Waals surface area contributed by atoms with Crippen molar-refractivity contribution >= 4 is 36.0 Å². The van der Waals surface area contributed by atoms with Crippen molar-refractivity contribution in [3.05, 3.63) is 83.1 Å². The summed E-state index contributed by atoms with van der Waals surface area (Å²) in [7, 11) is 1.55. The van der Waals surface area contributed by atoms with Gasteiger partial charge in [-0.3, -0.25) is 0 Å². The lowest BCUT2D eigenvalue weighted by Gasteiger charge is -2.25. The molecule has 1 aliphatic heterocycles. The van der Waals surface area contributed by atoms with Crippen LogP contribution in [-0.2, 0) is 31.9 Å². The molecule has 8 N–H and O–H groups in total. The summed E-state index contributed by atoms with van der Waals surface area (Å²) in [5, 5.41) is 69.6. The van der Waals surface area contributed by atoms with E-state index in [0.29, 0.717) is 36.2 Å². The molecule has 0 saturated carbocycles. The van der Waals surface area contributed by atoms with Crippen LogP contribution in [0.5, 0.6) is 5.88 Å². The minimum atomic E-state index is -4.42. The smallest absolute Gasteiger partial charge is 0.416 e. The van der Waals surface area contributed by atoms with Gasteiger partial charge in [0.05, 0.1) is 30.4 Å². The van der Waals surface area contributed by atoms with Crippen LogP contribution in [0.15, 0.2) is 48.9 Å². The number of rotatable bonds is 11. The van der Waals surface area contributed by atoms with Crippen LogP contribution < -0.4 is 4.74 Å². The van der Waals surface area contributed by atoms with Gasteiger partial charge in [0.15, 0.2) is 30.2 Å². The van der Waals surface area contributed by atoms with Crippen LogP contribution in [0, 0.1) is 6.92 Å². The summed E-state index contributed by atoms with van der Waals surface area (Å²) in [4.78, 5) is 52.4. The minimum Gasteiger partial charge on any atom is -0.479 e. The fraction of sp³-hybridized carbons (Fsp3) is 0.333. The molecular weight excluding hydrogens is 745 g/mol. The average Bonchev–Trinajstić information content (AvgIpc) is 3.78. The number of alkyl halides is 3. The van der Waals surface area contributed by atoms with E-state index in [1.165, 1.54) is 12.1 Å². The molecule has 3 aromatic heterocycles. The Morgan fingerprint density at radius 1 is 0.855 bits per heavy atom. The molecule has 0 aliphatic carbocycles. The van der Waals surface area contributed by atoms with E-state index in [1.54, 1.807) is 36.3 Å². The van der Waals surface area contributed by atoms with Gasteiger partial charge in [-0.05, 0) is 55.7 Å². The molecule has 0 unspecified atom stereocenters. The number of carbonyl (C=O) groups is 4. The van der Waals surface area contributed by atoms with E-state index in [-0.39, 0.29) is 5.56 Å². The highest BCUT2D eigenvalue weighted by molar-refractivity contribution is 5.83. The summed E-state index contributed by atoms with van der Waals surface area (Å²) < 4.78 is 49.8. The molecule has 4 heterocycles. The first-order valence-electron chi connectivity index (χ1n) is 15.7. The minimum absolute atomic E-state index is 0.237. The van der Waals surface area contributed by atoms with E-state index >= 15 is 0 Å². The molecule has 0 amide bonds. The third kappa shape index (κ3) is 11.4. The number of fused-ring (bicyclic) bond motifs is 1. The first kappa shape index (κ1) is 43.2. The first-order chi connectivity index (χ1) is 25.8. The normalized spacial score (nSPS) is 15.9. The fourth-order valence-corrected chi connectivity index (χ4v) is 4.93. The zero-order valence-electron chi connectivity index (χ0n) is 28.7. The van der Waals surface area contributed by atoms with Crippen molar-refractivity contribution in [2.45, 2.75) is 62.8 Å². The number of methoxy groups -OCH3 is 1. The highest BCUT2D eigenvalue weighted by Crippen LogP contribution is 2.40. The lowest BCUT2D eigenvalue weighted by Crippen LogP contribution is -2.39. The van der Waals surface area contributed by atoms with E-state index < -0.39 is 66.0 Å². The molecule has 296 valence electrons. The number of imidazole rings is 1. The molecule has 19 nitrogen and oxygen atoms in total. The Morgan fingerprint density at radius 3 is 1.91 bits per heavy atom. The molecular formula is C33H35F3N6O13. The molecule has 0 saturated heterocycles. The Labute approximate surface area is 307 Å². The molecule has 22 heteroatoms. The number of aliphatic hydroxyl groups is 4. The number of aliphatic carboxylic acids is 4. The molecule has 0 radical (unpaired) electrons. The number of nitrogens with zero attached hydrogens (tertiary/aromatic N) is 6. The number of pyridine rings is 1. The molecule has 0 spiro atoms. The summed E-state index contributed by atoms with van der Waals surface area (Å²) in [5.41, 5.74) is 1.88. The van der Waals surface area contributed by atoms with Crippen molar-refractivity contribution in [1.29, 1.82) is 0 Å². The molecule has 4 aromatic rings. The second-order valence-corrected chi connectivity index (χ2v) is 11.5. The lowest BCUT2D eigenvalue weighted by molar-refractivity contribution is -0.165. The first-order valence-corrected chi connectivity index (χ1v) is 15.7. The number of aromatic nitrogens is 6. The molecule has 5 rings (SSSR count). The van der Waals surface area contributed by atoms with Gasteiger partial charge in [-0.1, -0.05) is 18.2 Å². The van der Waals surface area contributed by atoms with Gasteiger partial charge in [-0.15, -0.1) is 0 Å². The number of ether oxygens (including phenoxy) is 1. The van der Waals surface area contributed by atoms with E-state index in [1.807, 2.05) is 29.8 Å². The van der Waals surface area contributed by atoms with E-state index in [4.69, 9.17) is 45.6 Å². The third-order valence-corrected chi connectivity index (χ3v) is 7.59. The second-order valence-electron chi connectivity index (χ2n) is 11.5. The van der Waals surface area contributed by atoms with Crippen molar-refractivity contribution in [3.63, 3.8) is 0 Å². The van der Waals surface area contributed by atoms with E-state index in [2.05, 4.69) is 20.1 Å². The van der Waals surface area contributed by atoms with Crippen molar-refractivity contribution in [2.24, 2.45) is 0 Å². The monoisotopic (exact) mass is 780 g/mol. The van der Waals surface area contributed by atoms with Crippen LogP contribution in [0.25, 0.3) is 17.8 Å². The summed E-state index contributed by atoms with van der Waals surface area (Å²) >= 11 is 0. The molecule has 1 aromatic carbocycles. The van der Waals surface area contributed by atoms with Crippen LogP contribution in [0.4, 0.5) is 13.2 Å². The Kier molecular flexibility index (Phi) is 14.7. The number of carboxylic acid groups (broad SMARTS) is 4. The van der Waals surface area contributed by atoms with E-state index in [0.717, 1.165) is 23.9 Å². The van der Waals surface area contributed by atoms with Gasteiger partial charge in [0.25, 0.3) is 0 Å². The van der Waals surface area contributed by atoms with Crippen molar-refractivity contribution in [1.82, 2.24) is 29.3 Å². The van der Waals surface area contributed by atoms with Crippen LogP contribution in [0.3, 0.4) is 0 Å². The van der Waals surface area contributed by atoms with Crippen LogP contribution in [-0.4, -0.2) is 126 Å².